The number of aromatic nitrogens is 3. The van der Waals surface area contributed by atoms with E-state index in [4.69, 9.17) is 33.0 Å². The highest BCUT2D eigenvalue weighted by Gasteiger charge is 2.12. The van der Waals surface area contributed by atoms with Crippen molar-refractivity contribution >= 4 is 23.8 Å². The van der Waals surface area contributed by atoms with Gasteiger partial charge in [-0.05, 0) is 49.6 Å². The van der Waals surface area contributed by atoms with E-state index >= 15 is 0 Å². The summed E-state index contributed by atoms with van der Waals surface area (Å²) in [5, 5.41) is 5.10. The Morgan fingerprint density at radius 2 is 2.20 bits per heavy atom. The van der Waals surface area contributed by atoms with Crippen molar-refractivity contribution in [3.63, 3.8) is 0 Å². The summed E-state index contributed by atoms with van der Waals surface area (Å²) in [6.45, 7) is 1.10. The Morgan fingerprint density at radius 3 is 2.92 bits per heavy atom. The van der Waals surface area contributed by atoms with Crippen LogP contribution in [0.1, 0.15) is 5.56 Å². The molecule has 0 spiro atoms. The summed E-state index contributed by atoms with van der Waals surface area (Å²) < 4.78 is 12.6. The summed E-state index contributed by atoms with van der Waals surface area (Å²) in [7, 11) is 3.60. The maximum absolute atomic E-state index is 6.08. The van der Waals surface area contributed by atoms with Crippen LogP contribution in [0.15, 0.2) is 47.1 Å². The molecule has 3 rings (SSSR count). The first-order chi connectivity index (χ1) is 12.1. The molecular formula is C17H17ClN4O2S. The lowest BCUT2D eigenvalue weighted by molar-refractivity contribution is 0.237. The minimum absolute atomic E-state index is 0.309. The zero-order valence-corrected chi connectivity index (χ0v) is 15.4. The molecule has 25 heavy (non-hydrogen) atoms. The van der Waals surface area contributed by atoms with Gasteiger partial charge in [0, 0.05) is 29.5 Å². The quantitative estimate of drug-likeness (QED) is 0.605. The highest BCUT2D eigenvalue weighted by Crippen LogP contribution is 2.24. The number of ether oxygens (including phenoxy) is 1. The topological polar surface area (TPSA) is 56.3 Å². The van der Waals surface area contributed by atoms with E-state index in [0.29, 0.717) is 29.0 Å². The zero-order valence-electron chi connectivity index (χ0n) is 13.8. The zero-order chi connectivity index (χ0) is 17.8. The Hall–Kier alpha value is -2.22. The molecule has 3 aromatic rings. The van der Waals surface area contributed by atoms with Crippen molar-refractivity contribution in [3.8, 4) is 17.2 Å². The van der Waals surface area contributed by atoms with E-state index in [2.05, 4.69) is 10.1 Å². The molecule has 0 N–H and O–H groups in total. The van der Waals surface area contributed by atoms with Crippen LogP contribution in [0.4, 0.5) is 0 Å². The Morgan fingerprint density at radius 1 is 1.36 bits per heavy atom. The molecule has 0 saturated heterocycles. The number of hydrogen-bond donors (Lipinski definition) is 0. The Bertz CT molecular complexity index is 911. The maximum atomic E-state index is 6.08. The largest absolute Gasteiger partial charge is 0.496 e. The molecule has 8 heteroatoms. The Kier molecular flexibility index (Phi) is 5.47. The van der Waals surface area contributed by atoms with Gasteiger partial charge in [0.05, 0.1) is 19.3 Å². The summed E-state index contributed by atoms with van der Waals surface area (Å²) in [4.78, 5) is 6.41. The number of pyridine rings is 1. The monoisotopic (exact) mass is 376 g/mol. The fourth-order valence-electron chi connectivity index (χ4n) is 2.44. The molecule has 0 saturated carbocycles. The minimum Gasteiger partial charge on any atom is -0.496 e. The van der Waals surface area contributed by atoms with Crippen molar-refractivity contribution < 1.29 is 9.15 Å². The first-order valence-corrected chi connectivity index (χ1v) is 8.35. The summed E-state index contributed by atoms with van der Waals surface area (Å²) in [6.07, 6.45) is 3.38. The van der Waals surface area contributed by atoms with Crippen molar-refractivity contribution in [2.45, 2.75) is 13.2 Å². The van der Waals surface area contributed by atoms with Crippen LogP contribution in [0.25, 0.3) is 11.5 Å². The Labute approximate surface area is 155 Å². The first-order valence-electron chi connectivity index (χ1n) is 7.56. The number of methoxy groups -OCH3 is 1. The van der Waals surface area contributed by atoms with Crippen LogP contribution in [-0.2, 0) is 13.2 Å². The van der Waals surface area contributed by atoms with Gasteiger partial charge in [-0.25, -0.2) is 4.68 Å². The molecular weight excluding hydrogens is 360 g/mol. The van der Waals surface area contributed by atoms with Gasteiger partial charge in [-0.3, -0.25) is 9.88 Å². The van der Waals surface area contributed by atoms with Crippen LogP contribution >= 0.6 is 23.8 Å². The third-order valence-corrected chi connectivity index (χ3v) is 4.10. The van der Waals surface area contributed by atoms with Crippen molar-refractivity contribution in [2.24, 2.45) is 0 Å². The average molecular weight is 377 g/mol. The summed E-state index contributed by atoms with van der Waals surface area (Å²) >= 11 is 11.4. The fourth-order valence-corrected chi connectivity index (χ4v) is 2.81. The van der Waals surface area contributed by atoms with Crippen molar-refractivity contribution in [1.29, 1.82) is 0 Å². The van der Waals surface area contributed by atoms with E-state index in [-0.39, 0.29) is 0 Å². The van der Waals surface area contributed by atoms with E-state index in [1.165, 1.54) is 0 Å². The maximum Gasteiger partial charge on any atom is 0.288 e. The smallest absolute Gasteiger partial charge is 0.288 e. The Balaban J connectivity index is 1.76. The molecule has 0 aliphatic rings. The SMILES string of the molecule is COc1ccc(Cl)cc1CN(C)Cn1nc(-c2cccnc2)oc1=S. The molecule has 0 aliphatic heterocycles. The van der Waals surface area contributed by atoms with E-state index in [9.17, 15) is 0 Å². The van der Waals surface area contributed by atoms with Crippen LogP contribution in [0, 0.1) is 4.84 Å². The number of rotatable bonds is 6. The van der Waals surface area contributed by atoms with Crippen LogP contribution < -0.4 is 4.74 Å². The fraction of sp³-hybridized carbons (Fsp3) is 0.235. The summed E-state index contributed by atoms with van der Waals surface area (Å²) in [6, 6.07) is 9.24. The van der Waals surface area contributed by atoms with Gasteiger partial charge in [0.1, 0.15) is 5.75 Å². The molecule has 0 unspecified atom stereocenters. The second-order valence-electron chi connectivity index (χ2n) is 5.53. The van der Waals surface area contributed by atoms with Crippen LogP contribution in [0.5, 0.6) is 5.75 Å². The molecule has 0 fully saturated rings. The number of hydrogen-bond acceptors (Lipinski definition) is 6. The van der Waals surface area contributed by atoms with Crippen LogP contribution in [-0.4, -0.2) is 33.8 Å². The van der Waals surface area contributed by atoms with Gasteiger partial charge in [0.25, 0.3) is 4.84 Å². The lowest BCUT2D eigenvalue weighted by Gasteiger charge is -2.18. The lowest BCUT2D eigenvalue weighted by Crippen LogP contribution is -2.22. The molecule has 2 heterocycles. The van der Waals surface area contributed by atoms with E-state index in [1.54, 1.807) is 30.3 Å². The predicted molar refractivity (Wildman–Crippen MR) is 98.0 cm³/mol. The lowest BCUT2D eigenvalue weighted by atomic mass is 10.2. The molecule has 130 valence electrons. The highest BCUT2D eigenvalue weighted by molar-refractivity contribution is 7.71. The first kappa shape index (κ1) is 17.6. The second kappa shape index (κ2) is 7.77. The van der Waals surface area contributed by atoms with Gasteiger partial charge >= 0.3 is 0 Å². The average Bonchev–Trinajstić information content (AvgIpc) is 2.96. The standard InChI is InChI=1S/C17H17ClN4O2S/c1-21(10-13-8-14(18)5-6-15(13)23-2)11-22-17(25)24-16(20-22)12-4-3-7-19-9-12/h3-9H,10-11H2,1-2H3. The van der Waals surface area contributed by atoms with Gasteiger partial charge in [0.15, 0.2) is 0 Å². The predicted octanol–water partition coefficient (Wildman–Crippen LogP) is 4.02. The van der Waals surface area contributed by atoms with Gasteiger partial charge in [-0.1, -0.05) is 11.6 Å². The molecule has 2 aromatic heterocycles. The van der Waals surface area contributed by atoms with E-state index < -0.39 is 0 Å². The van der Waals surface area contributed by atoms with Crippen molar-refractivity contribution in [3.05, 3.63) is 58.1 Å². The van der Waals surface area contributed by atoms with Gasteiger partial charge < -0.3 is 9.15 Å². The van der Waals surface area contributed by atoms with Gasteiger partial charge in [0.2, 0.25) is 5.89 Å². The third-order valence-electron chi connectivity index (χ3n) is 3.57. The molecule has 0 aliphatic carbocycles. The molecule has 0 amide bonds. The van der Waals surface area contributed by atoms with Gasteiger partial charge in [-0.15, -0.1) is 5.10 Å². The molecule has 0 bridgehead atoms. The third kappa shape index (κ3) is 4.25. The molecule has 0 radical (unpaired) electrons. The normalized spacial score (nSPS) is 11.0. The second-order valence-corrected chi connectivity index (χ2v) is 6.31. The molecule has 6 nitrogen and oxygen atoms in total. The van der Waals surface area contributed by atoms with Crippen LogP contribution in [0.2, 0.25) is 5.02 Å². The minimum atomic E-state index is 0.309. The van der Waals surface area contributed by atoms with Gasteiger partial charge in [-0.2, -0.15) is 0 Å². The van der Waals surface area contributed by atoms with Crippen molar-refractivity contribution in [2.75, 3.05) is 14.2 Å². The summed E-state index contributed by atoms with van der Waals surface area (Å²) in [5.41, 5.74) is 1.77. The van der Waals surface area contributed by atoms with Crippen LogP contribution in [0.3, 0.4) is 0 Å². The number of nitrogens with zero attached hydrogens (tertiary/aromatic N) is 4. The number of benzene rings is 1. The highest BCUT2D eigenvalue weighted by atomic mass is 35.5. The summed E-state index contributed by atoms with van der Waals surface area (Å²) in [5.74, 6) is 1.24. The molecule has 0 atom stereocenters. The number of halogens is 1. The van der Waals surface area contributed by atoms with E-state index in [0.717, 1.165) is 16.9 Å². The molecule has 1 aromatic carbocycles. The van der Waals surface area contributed by atoms with Crippen molar-refractivity contribution in [1.82, 2.24) is 19.7 Å². The van der Waals surface area contributed by atoms with E-state index in [1.807, 2.05) is 36.2 Å².